The van der Waals surface area contributed by atoms with Crippen molar-refractivity contribution in [3.63, 3.8) is 0 Å². The molecule has 0 bridgehead atoms. The summed E-state index contributed by atoms with van der Waals surface area (Å²) in [5.74, 6) is 1.96. The van der Waals surface area contributed by atoms with Crippen molar-refractivity contribution in [1.82, 2.24) is 4.90 Å². The number of rotatable bonds is 4. The lowest BCUT2D eigenvalue weighted by atomic mass is 9.82. The second-order valence-corrected chi connectivity index (χ2v) is 9.97. The molecule has 1 heterocycles. The summed E-state index contributed by atoms with van der Waals surface area (Å²) in [6.07, 6.45) is 8.31. The SMILES string of the molecule is CCS(=O)(=O)C1CSCCN1C1(CN)CCCCCCC1. The van der Waals surface area contributed by atoms with Crippen LogP contribution in [-0.2, 0) is 9.84 Å². The molecule has 0 aromatic rings. The fraction of sp³-hybridized carbons (Fsp3) is 1.00. The molecule has 0 amide bonds. The van der Waals surface area contributed by atoms with Crippen LogP contribution in [0.5, 0.6) is 0 Å². The summed E-state index contributed by atoms with van der Waals surface area (Å²) >= 11 is 1.77. The highest BCUT2D eigenvalue weighted by Gasteiger charge is 2.44. The number of nitrogens with zero attached hydrogens (tertiary/aromatic N) is 1. The van der Waals surface area contributed by atoms with Crippen molar-refractivity contribution in [2.45, 2.75) is 62.8 Å². The molecule has 1 saturated carbocycles. The zero-order valence-electron chi connectivity index (χ0n) is 13.2. The van der Waals surface area contributed by atoms with Crippen molar-refractivity contribution in [3.05, 3.63) is 0 Å². The van der Waals surface area contributed by atoms with Gasteiger partial charge in [-0.1, -0.05) is 39.0 Å². The third-order valence-corrected chi connectivity index (χ3v) is 8.46. The normalized spacial score (nSPS) is 28.8. The quantitative estimate of drug-likeness (QED) is 0.854. The Balaban J connectivity index is 2.27. The van der Waals surface area contributed by atoms with Gasteiger partial charge in [-0.2, -0.15) is 11.8 Å². The van der Waals surface area contributed by atoms with Gasteiger partial charge in [0.05, 0.1) is 0 Å². The summed E-state index contributed by atoms with van der Waals surface area (Å²) in [4.78, 5) is 2.29. The van der Waals surface area contributed by atoms with Gasteiger partial charge >= 0.3 is 0 Å². The van der Waals surface area contributed by atoms with Crippen molar-refractivity contribution in [1.29, 1.82) is 0 Å². The molecule has 0 aromatic heterocycles. The van der Waals surface area contributed by atoms with Gasteiger partial charge in [-0.05, 0) is 12.8 Å². The molecule has 1 aliphatic carbocycles. The van der Waals surface area contributed by atoms with Crippen molar-refractivity contribution < 1.29 is 8.42 Å². The molecule has 124 valence electrons. The highest BCUT2D eigenvalue weighted by atomic mass is 32.2. The summed E-state index contributed by atoms with van der Waals surface area (Å²) in [6.45, 7) is 3.22. The van der Waals surface area contributed by atoms with Crippen LogP contribution < -0.4 is 5.73 Å². The lowest BCUT2D eigenvalue weighted by molar-refractivity contribution is 0.0626. The Morgan fingerprint density at radius 3 is 2.38 bits per heavy atom. The minimum Gasteiger partial charge on any atom is -0.329 e. The molecule has 2 N–H and O–H groups in total. The fourth-order valence-electron chi connectivity index (χ4n) is 3.79. The van der Waals surface area contributed by atoms with Crippen LogP contribution in [0.3, 0.4) is 0 Å². The summed E-state index contributed by atoms with van der Waals surface area (Å²) in [5.41, 5.74) is 6.10. The predicted molar refractivity (Wildman–Crippen MR) is 91.4 cm³/mol. The van der Waals surface area contributed by atoms with Crippen molar-refractivity contribution >= 4 is 21.6 Å². The fourth-order valence-corrected chi connectivity index (χ4v) is 6.88. The van der Waals surface area contributed by atoms with Crippen LogP contribution in [0.4, 0.5) is 0 Å². The first kappa shape index (κ1) is 17.6. The molecule has 2 rings (SSSR count). The Morgan fingerprint density at radius 1 is 1.19 bits per heavy atom. The summed E-state index contributed by atoms with van der Waals surface area (Å²) in [6, 6.07) is 0. The lowest BCUT2D eigenvalue weighted by Crippen LogP contribution is -2.62. The first-order valence-corrected chi connectivity index (χ1v) is 11.2. The van der Waals surface area contributed by atoms with Crippen LogP contribution in [-0.4, -0.2) is 54.6 Å². The van der Waals surface area contributed by atoms with E-state index < -0.39 is 9.84 Å². The summed E-state index contributed by atoms with van der Waals surface area (Å²) in [5, 5.41) is -0.329. The van der Waals surface area contributed by atoms with Gasteiger partial charge in [-0.25, -0.2) is 8.42 Å². The Kier molecular flexibility index (Phi) is 6.41. The molecule has 6 heteroatoms. The molecular formula is C15H30N2O2S2. The van der Waals surface area contributed by atoms with E-state index in [9.17, 15) is 8.42 Å². The minimum absolute atomic E-state index is 0.0890. The van der Waals surface area contributed by atoms with Gasteiger partial charge in [0.25, 0.3) is 0 Å². The van der Waals surface area contributed by atoms with Crippen molar-refractivity contribution in [2.24, 2.45) is 5.73 Å². The van der Waals surface area contributed by atoms with Crippen molar-refractivity contribution in [2.75, 3.05) is 30.3 Å². The molecule has 1 aliphatic heterocycles. The molecular weight excluding hydrogens is 304 g/mol. The molecule has 0 radical (unpaired) electrons. The number of thioether (sulfide) groups is 1. The van der Waals surface area contributed by atoms with Gasteiger partial charge in [0.1, 0.15) is 5.37 Å². The smallest absolute Gasteiger partial charge is 0.166 e. The largest absolute Gasteiger partial charge is 0.329 e. The van der Waals surface area contributed by atoms with Crippen LogP contribution in [0.15, 0.2) is 0 Å². The standard InChI is InChI=1S/C15H30N2O2S2/c1-2-21(18,19)14-12-20-11-10-17(14)15(13-16)8-6-4-3-5-7-9-15/h14H,2-13,16H2,1H3. The van der Waals surface area contributed by atoms with Gasteiger partial charge in [0.2, 0.25) is 0 Å². The monoisotopic (exact) mass is 334 g/mol. The van der Waals surface area contributed by atoms with Crippen LogP contribution in [0, 0.1) is 0 Å². The molecule has 1 saturated heterocycles. The molecule has 0 aromatic carbocycles. The molecule has 2 fully saturated rings. The molecule has 21 heavy (non-hydrogen) atoms. The molecule has 1 atom stereocenters. The first-order valence-electron chi connectivity index (χ1n) is 8.32. The molecule has 4 nitrogen and oxygen atoms in total. The van der Waals surface area contributed by atoms with Gasteiger partial charge < -0.3 is 5.73 Å². The highest BCUT2D eigenvalue weighted by Crippen LogP contribution is 2.36. The minimum atomic E-state index is -3.04. The maximum Gasteiger partial charge on any atom is 0.166 e. The van der Waals surface area contributed by atoms with Crippen LogP contribution in [0.2, 0.25) is 0 Å². The van der Waals surface area contributed by atoms with E-state index in [1.807, 2.05) is 0 Å². The van der Waals surface area contributed by atoms with Crippen LogP contribution >= 0.6 is 11.8 Å². The van der Waals surface area contributed by atoms with E-state index in [0.29, 0.717) is 12.3 Å². The zero-order chi connectivity index (χ0) is 15.3. The maximum absolute atomic E-state index is 12.5. The number of nitrogens with two attached hydrogens (primary N) is 1. The third-order valence-electron chi connectivity index (χ3n) is 5.17. The summed E-state index contributed by atoms with van der Waals surface area (Å²) < 4.78 is 25.0. The van der Waals surface area contributed by atoms with E-state index in [1.54, 1.807) is 18.7 Å². The Labute approximate surface area is 134 Å². The van der Waals surface area contributed by atoms with E-state index in [-0.39, 0.29) is 16.7 Å². The average molecular weight is 335 g/mol. The van der Waals surface area contributed by atoms with Gasteiger partial charge in [0, 0.05) is 35.9 Å². The van der Waals surface area contributed by atoms with E-state index in [2.05, 4.69) is 4.90 Å². The van der Waals surface area contributed by atoms with E-state index in [0.717, 1.165) is 25.1 Å². The second kappa shape index (κ2) is 7.66. The van der Waals surface area contributed by atoms with Gasteiger partial charge in [-0.3, -0.25) is 4.90 Å². The van der Waals surface area contributed by atoms with E-state index in [1.165, 1.54) is 32.1 Å². The van der Waals surface area contributed by atoms with Crippen LogP contribution in [0.25, 0.3) is 0 Å². The van der Waals surface area contributed by atoms with E-state index in [4.69, 9.17) is 5.73 Å². The predicted octanol–water partition coefficient (Wildman–Crippen LogP) is 2.24. The molecule has 2 aliphatic rings. The van der Waals surface area contributed by atoms with Crippen LogP contribution in [0.1, 0.15) is 51.9 Å². The average Bonchev–Trinajstić information content (AvgIpc) is 2.48. The molecule has 1 unspecified atom stereocenters. The number of hydrogen-bond donors (Lipinski definition) is 1. The molecule has 0 spiro atoms. The Hall–Kier alpha value is 0.220. The van der Waals surface area contributed by atoms with Gasteiger partial charge in [0.15, 0.2) is 9.84 Å². The Bertz CT molecular complexity index is 417. The first-order chi connectivity index (χ1) is 10.1. The third kappa shape index (κ3) is 3.95. The summed E-state index contributed by atoms with van der Waals surface area (Å²) in [7, 11) is -3.04. The zero-order valence-corrected chi connectivity index (χ0v) is 14.9. The maximum atomic E-state index is 12.5. The highest BCUT2D eigenvalue weighted by molar-refractivity contribution is 8.01. The number of hydrogen-bond acceptors (Lipinski definition) is 5. The Morgan fingerprint density at radius 2 is 1.81 bits per heavy atom. The van der Waals surface area contributed by atoms with Crippen molar-refractivity contribution in [3.8, 4) is 0 Å². The topological polar surface area (TPSA) is 63.4 Å². The van der Waals surface area contributed by atoms with E-state index >= 15 is 0 Å². The number of sulfone groups is 1. The second-order valence-electron chi connectivity index (χ2n) is 6.37. The lowest BCUT2D eigenvalue weighted by Gasteiger charge is -2.49. The van der Waals surface area contributed by atoms with Gasteiger partial charge in [-0.15, -0.1) is 0 Å².